The molecule has 0 unspecified atom stereocenters. The molecule has 14 heavy (non-hydrogen) atoms. The van der Waals surface area contributed by atoms with E-state index < -0.39 is 5.97 Å². The Hall–Kier alpha value is -1.55. The second-order valence-corrected chi connectivity index (χ2v) is 3.22. The summed E-state index contributed by atoms with van der Waals surface area (Å²) in [6.45, 7) is 0. The highest BCUT2D eigenvalue weighted by Crippen LogP contribution is 2.26. The molecule has 0 bridgehead atoms. The molecule has 0 aliphatic heterocycles. The van der Waals surface area contributed by atoms with Crippen LogP contribution in [0.4, 0.5) is 0 Å². The van der Waals surface area contributed by atoms with E-state index in [1.165, 1.54) is 0 Å². The van der Waals surface area contributed by atoms with Crippen LogP contribution >= 0.6 is 11.6 Å². The van der Waals surface area contributed by atoms with Gasteiger partial charge in [0.1, 0.15) is 5.69 Å². The van der Waals surface area contributed by atoms with E-state index in [0.717, 1.165) is 0 Å². The highest BCUT2D eigenvalue weighted by atomic mass is 35.5. The molecule has 0 aliphatic carbocycles. The standard InChI is InChI=1S/C9H6ClNO3/c10-5-2-1-3-7-9(5)6(11-14-7)4-8(12)13/h1-3H,4H2,(H,12,13). The van der Waals surface area contributed by atoms with Gasteiger partial charge in [-0.1, -0.05) is 22.8 Å². The normalized spacial score (nSPS) is 10.6. The molecule has 1 heterocycles. The molecular weight excluding hydrogens is 206 g/mol. The molecule has 0 fully saturated rings. The molecule has 0 spiro atoms. The number of hydrogen-bond donors (Lipinski definition) is 1. The minimum atomic E-state index is -0.958. The summed E-state index contributed by atoms with van der Waals surface area (Å²) in [4.78, 5) is 10.5. The van der Waals surface area contributed by atoms with Crippen LogP contribution in [0.15, 0.2) is 22.7 Å². The topological polar surface area (TPSA) is 63.3 Å². The lowest BCUT2D eigenvalue weighted by Crippen LogP contribution is -2.00. The van der Waals surface area contributed by atoms with E-state index in [0.29, 0.717) is 21.7 Å². The molecule has 2 rings (SSSR count). The predicted octanol–water partition coefficient (Wildman–Crippen LogP) is 2.11. The third-order valence-electron chi connectivity index (χ3n) is 1.84. The highest BCUT2D eigenvalue weighted by Gasteiger charge is 2.13. The largest absolute Gasteiger partial charge is 0.481 e. The van der Waals surface area contributed by atoms with Crippen molar-refractivity contribution in [3.8, 4) is 0 Å². The molecule has 0 saturated carbocycles. The first-order chi connectivity index (χ1) is 6.68. The smallest absolute Gasteiger partial charge is 0.309 e. The zero-order chi connectivity index (χ0) is 10.1. The van der Waals surface area contributed by atoms with Crippen molar-refractivity contribution in [3.05, 3.63) is 28.9 Å². The van der Waals surface area contributed by atoms with E-state index in [-0.39, 0.29) is 6.42 Å². The van der Waals surface area contributed by atoms with Crippen molar-refractivity contribution >= 4 is 28.5 Å². The summed E-state index contributed by atoms with van der Waals surface area (Å²) in [6.07, 6.45) is -0.184. The Morgan fingerprint density at radius 2 is 2.36 bits per heavy atom. The van der Waals surface area contributed by atoms with E-state index in [1.54, 1.807) is 18.2 Å². The number of benzene rings is 1. The van der Waals surface area contributed by atoms with Gasteiger partial charge in [0.25, 0.3) is 0 Å². The maximum Gasteiger partial charge on any atom is 0.309 e. The Balaban J connectivity index is 2.61. The molecule has 0 aliphatic rings. The second-order valence-electron chi connectivity index (χ2n) is 2.81. The van der Waals surface area contributed by atoms with Gasteiger partial charge in [0, 0.05) is 0 Å². The SMILES string of the molecule is O=C(O)Cc1noc2cccc(Cl)c12. The molecule has 72 valence electrons. The number of carboxylic acids is 1. The molecule has 1 aromatic heterocycles. The fraction of sp³-hybridized carbons (Fsp3) is 0.111. The van der Waals surface area contributed by atoms with Gasteiger partial charge in [-0.3, -0.25) is 4.79 Å². The molecule has 1 N–H and O–H groups in total. The van der Waals surface area contributed by atoms with E-state index in [9.17, 15) is 4.79 Å². The summed E-state index contributed by atoms with van der Waals surface area (Å²) in [6, 6.07) is 5.09. The number of carbonyl (C=O) groups is 1. The van der Waals surface area contributed by atoms with Gasteiger partial charge >= 0.3 is 5.97 Å². The lowest BCUT2D eigenvalue weighted by atomic mass is 10.2. The summed E-state index contributed by atoms with van der Waals surface area (Å²) in [5.74, 6) is -0.958. The van der Waals surface area contributed by atoms with Gasteiger partial charge in [0.05, 0.1) is 16.8 Å². The number of rotatable bonds is 2. The van der Waals surface area contributed by atoms with E-state index in [4.69, 9.17) is 21.2 Å². The number of fused-ring (bicyclic) bond motifs is 1. The van der Waals surface area contributed by atoms with Crippen molar-refractivity contribution in [3.63, 3.8) is 0 Å². The third-order valence-corrected chi connectivity index (χ3v) is 2.15. The van der Waals surface area contributed by atoms with Crippen molar-refractivity contribution in [1.29, 1.82) is 0 Å². The molecule has 0 saturated heterocycles. The van der Waals surface area contributed by atoms with Crippen LogP contribution in [-0.4, -0.2) is 16.2 Å². The van der Waals surface area contributed by atoms with Gasteiger partial charge in [0.2, 0.25) is 0 Å². The Kier molecular flexibility index (Phi) is 2.13. The molecule has 2 aromatic rings. The molecule has 0 radical (unpaired) electrons. The number of carboxylic acid groups (broad SMARTS) is 1. The maximum atomic E-state index is 10.5. The molecular formula is C9H6ClNO3. The van der Waals surface area contributed by atoms with Crippen LogP contribution in [-0.2, 0) is 11.2 Å². The van der Waals surface area contributed by atoms with Gasteiger partial charge in [-0.25, -0.2) is 0 Å². The van der Waals surface area contributed by atoms with E-state index in [2.05, 4.69) is 5.16 Å². The minimum Gasteiger partial charge on any atom is -0.481 e. The van der Waals surface area contributed by atoms with Crippen molar-refractivity contribution in [2.24, 2.45) is 0 Å². The van der Waals surface area contributed by atoms with Crippen LogP contribution < -0.4 is 0 Å². The fourth-order valence-corrected chi connectivity index (χ4v) is 1.55. The van der Waals surface area contributed by atoms with E-state index in [1.807, 2.05) is 0 Å². The minimum absolute atomic E-state index is 0.184. The Labute approximate surface area is 84.1 Å². The van der Waals surface area contributed by atoms with Gasteiger partial charge in [0.15, 0.2) is 5.58 Å². The first-order valence-electron chi connectivity index (χ1n) is 3.93. The molecule has 0 atom stereocenters. The first-order valence-corrected chi connectivity index (χ1v) is 4.31. The summed E-state index contributed by atoms with van der Waals surface area (Å²) in [5.41, 5.74) is 0.867. The zero-order valence-corrected chi connectivity index (χ0v) is 7.78. The number of halogens is 1. The fourth-order valence-electron chi connectivity index (χ4n) is 1.27. The van der Waals surface area contributed by atoms with Gasteiger partial charge in [-0.15, -0.1) is 0 Å². The average molecular weight is 212 g/mol. The van der Waals surface area contributed by atoms with Crippen molar-refractivity contribution in [2.75, 3.05) is 0 Å². The lowest BCUT2D eigenvalue weighted by Gasteiger charge is -1.92. The van der Waals surface area contributed by atoms with Gasteiger partial charge < -0.3 is 9.63 Å². The molecule has 0 amide bonds. The zero-order valence-electron chi connectivity index (χ0n) is 7.03. The summed E-state index contributed by atoms with van der Waals surface area (Å²) in [5, 5.41) is 13.3. The quantitative estimate of drug-likeness (QED) is 0.826. The third kappa shape index (κ3) is 1.44. The first kappa shape index (κ1) is 9.02. The van der Waals surface area contributed by atoms with Crippen LogP contribution in [0.1, 0.15) is 5.69 Å². The molecule has 1 aromatic carbocycles. The number of nitrogens with zero attached hydrogens (tertiary/aromatic N) is 1. The molecule has 5 heteroatoms. The van der Waals surface area contributed by atoms with Crippen molar-refractivity contribution in [2.45, 2.75) is 6.42 Å². The Bertz CT molecular complexity index is 492. The Morgan fingerprint density at radius 1 is 1.57 bits per heavy atom. The predicted molar refractivity (Wildman–Crippen MR) is 50.4 cm³/mol. The highest BCUT2D eigenvalue weighted by molar-refractivity contribution is 6.35. The maximum absolute atomic E-state index is 10.5. The lowest BCUT2D eigenvalue weighted by molar-refractivity contribution is -0.136. The monoisotopic (exact) mass is 211 g/mol. The van der Waals surface area contributed by atoms with Crippen molar-refractivity contribution < 1.29 is 14.4 Å². The summed E-state index contributed by atoms with van der Waals surface area (Å²) < 4.78 is 4.93. The average Bonchev–Trinajstić information content (AvgIpc) is 2.49. The van der Waals surface area contributed by atoms with Gasteiger partial charge in [-0.05, 0) is 12.1 Å². The van der Waals surface area contributed by atoms with Crippen LogP contribution in [0.3, 0.4) is 0 Å². The molecule has 4 nitrogen and oxygen atoms in total. The van der Waals surface area contributed by atoms with Gasteiger partial charge in [-0.2, -0.15) is 0 Å². The van der Waals surface area contributed by atoms with Crippen LogP contribution in [0.2, 0.25) is 5.02 Å². The summed E-state index contributed by atoms with van der Waals surface area (Å²) in [7, 11) is 0. The van der Waals surface area contributed by atoms with Crippen LogP contribution in [0.5, 0.6) is 0 Å². The Morgan fingerprint density at radius 3 is 3.07 bits per heavy atom. The van der Waals surface area contributed by atoms with Crippen LogP contribution in [0, 0.1) is 0 Å². The number of hydrogen-bond acceptors (Lipinski definition) is 3. The van der Waals surface area contributed by atoms with Crippen molar-refractivity contribution in [1.82, 2.24) is 5.16 Å². The van der Waals surface area contributed by atoms with Crippen LogP contribution in [0.25, 0.3) is 11.0 Å². The number of aromatic nitrogens is 1. The summed E-state index contributed by atoms with van der Waals surface area (Å²) >= 11 is 5.89. The second kappa shape index (κ2) is 3.31. The van der Waals surface area contributed by atoms with E-state index >= 15 is 0 Å². The number of aliphatic carboxylic acids is 1.